The number of halogens is 3. The first-order valence-corrected chi connectivity index (χ1v) is 7.07. The van der Waals surface area contributed by atoms with Crippen molar-refractivity contribution in [3.63, 3.8) is 0 Å². The van der Waals surface area contributed by atoms with Crippen molar-refractivity contribution < 1.29 is 27.6 Å². The van der Waals surface area contributed by atoms with Crippen LogP contribution in [0.2, 0.25) is 0 Å². The molecule has 0 fully saturated rings. The Labute approximate surface area is 147 Å². The number of hydrogen-bond acceptors (Lipinski definition) is 5. The molecule has 0 spiro atoms. The average molecular weight is 368 g/mol. The minimum absolute atomic E-state index is 0.0424. The monoisotopic (exact) mass is 368 g/mol. The Morgan fingerprint density at radius 1 is 1.42 bits per heavy atom. The van der Waals surface area contributed by atoms with E-state index >= 15 is 0 Å². The Bertz CT molecular complexity index is 804. The van der Waals surface area contributed by atoms with Gasteiger partial charge < -0.3 is 4.74 Å². The summed E-state index contributed by atoms with van der Waals surface area (Å²) < 4.78 is 45.1. The lowest BCUT2D eigenvalue weighted by molar-refractivity contribution is -0.385. The fourth-order valence-electron chi connectivity index (χ4n) is 2.16. The lowest BCUT2D eigenvalue weighted by Gasteiger charge is -2.36. The third kappa shape index (κ3) is 4.11. The molecule has 1 aromatic carbocycles. The number of likely N-dealkylation sites (N-methyl/N-ethyl adjacent to an activating group) is 1. The molecule has 1 unspecified atom stereocenters. The average Bonchev–Trinajstić information content (AvgIpc) is 2.57. The van der Waals surface area contributed by atoms with Crippen LogP contribution in [-0.2, 0) is 9.53 Å². The summed E-state index contributed by atoms with van der Waals surface area (Å²) in [4.78, 5) is 22.7. The molecule has 0 saturated heterocycles. The number of nitro groups is 1. The third-order valence-electron chi connectivity index (χ3n) is 3.48. The first-order chi connectivity index (χ1) is 12.1. The van der Waals surface area contributed by atoms with Crippen LogP contribution in [0.5, 0.6) is 0 Å². The number of hydrogen-bond donors (Lipinski definition) is 0. The molecule has 9 heteroatoms. The SMILES string of the molecule is C=C=CC(C(=O)OC)(N(C)CC#Cc1ccccc1[N+](=O)[O-])C(F)(F)F. The quantitative estimate of drug-likeness (QED) is 0.263. The highest BCUT2D eigenvalue weighted by Gasteiger charge is 2.62. The number of carbonyl (C=O) groups excluding carboxylic acids is 1. The number of ether oxygens (including phenoxy) is 1. The second-order valence-electron chi connectivity index (χ2n) is 5.04. The number of nitrogens with zero attached hydrogens (tertiary/aromatic N) is 2. The van der Waals surface area contributed by atoms with Gasteiger partial charge in [-0.25, -0.2) is 4.79 Å². The van der Waals surface area contributed by atoms with Crippen LogP contribution in [0, 0.1) is 22.0 Å². The summed E-state index contributed by atoms with van der Waals surface area (Å²) in [5.41, 5.74) is -1.39. The minimum Gasteiger partial charge on any atom is -0.467 e. The molecule has 0 heterocycles. The second kappa shape index (κ2) is 8.34. The molecule has 0 N–H and O–H groups in total. The number of carbonyl (C=O) groups is 1. The van der Waals surface area contributed by atoms with Gasteiger partial charge in [-0.15, -0.1) is 5.73 Å². The van der Waals surface area contributed by atoms with Crippen LogP contribution in [0.1, 0.15) is 5.56 Å². The molecule has 138 valence electrons. The van der Waals surface area contributed by atoms with E-state index in [0.717, 1.165) is 14.2 Å². The molecule has 26 heavy (non-hydrogen) atoms. The summed E-state index contributed by atoms with van der Waals surface area (Å²) in [6.45, 7) is 2.56. The summed E-state index contributed by atoms with van der Waals surface area (Å²) >= 11 is 0. The van der Waals surface area contributed by atoms with Crippen LogP contribution < -0.4 is 0 Å². The van der Waals surface area contributed by atoms with E-state index in [2.05, 4.69) is 23.2 Å². The van der Waals surface area contributed by atoms with Gasteiger partial charge in [0.1, 0.15) is 5.56 Å². The highest BCUT2D eigenvalue weighted by atomic mass is 19.4. The zero-order valence-electron chi connectivity index (χ0n) is 14.0. The van der Waals surface area contributed by atoms with Gasteiger partial charge in [-0.05, 0) is 19.2 Å². The maximum atomic E-state index is 13.6. The lowest BCUT2D eigenvalue weighted by Crippen LogP contribution is -2.62. The van der Waals surface area contributed by atoms with Gasteiger partial charge in [-0.1, -0.05) is 30.6 Å². The molecule has 1 rings (SSSR count). The maximum absolute atomic E-state index is 13.6. The van der Waals surface area contributed by atoms with E-state index in [4.69, 9.17) is 0 Å². The number of alkyl halides is 3. The number of benzene rings is 1. The standard InChI is InChI=1S/C17H15F3N2O4/c1-4-11-16(15(23)26-3,17(18,19)20)21(2)12-7-9-13-8-5-6-10-14(13)22(24)25/h5-6,8,10-11H,1,12H2,2-3H3. The number of methoxy groups -OCH3 is 1. The largest absolute Gasteiger partial charge is 0.467 e. The number of para-hydroxylation sites is 1. The van der Waals surface area contributed by atoms with Crippen LogP contribution in [-0.4, -0.2) is 48.2 Å². The van der Waals surface area contributed by atoms with Crippen molar-refractivity contribution in [2.45, 2.75) is 11.7 Å². The normalized spacial score (nSPS) is 13.0. The summed E-state index contributed by atoms with van der Waals surface area (Å²) in [7, 11) is 1.85. The minimum atomic E-state index is -5.03. The van der Waals surface area contributed by atoms with Crippen LogP contribution in [0.25, 0.3) is 0 Å². The molecule has 0 aliphatic carbocycles. The Morgan fingerprint density at radius 2 is 2.04 bits per heavy atom. The highest BCUT2D eigenvalue weighted by molar-refractivity contribution is 5.84. The van der Waals surface area contributed by atoms with Gasteiger partial charge in [-0.3, -0.25) is 15.0 Å². The van der Waals surface area contributed by atoms with Crippen LogP contribution in [0.15, 0.2) is 42.7 Å². The summed E-state index contributed by atoms with van der Waals surface area (Å²) in [5.74, 6) is 3.28. The lowest BCUT2D eigenvalue weighted by atomic mass is 9.96. The van der Waals surface area contributed by atoms with E-state index in [1.807, 2.05) is 5.73 Å². The van der Waals surface area contributed by atoms with Crippen LogP contribution in [0.3, 0.4) is 0 Å². The van der Waals surface area contributed by atoms with Crippen molar-refractivity contribution in [3.05, 3.63) is 58.3 Å². The van der Waals surface area contributed by atoms with Crippen molar-refractivity contribution in [1.82, 2.24) is 4.90 Å². The Morgan fingerprint density at radius 3 is 2.54 bits per heavy atom. The molecule has 0 bridgehead atoms. The fourth-order valence-corrected chi connectivity index (χ4v) is 2.16. The van der Waals surface area contributed by atoms with E-state index in [1.165, 1.54) is 24.3 Å². The Kier molecular flexibility index (Phi) is 6.72. The van der Waals surface area contributed by atoms with Gasteiger partial charge in [-0.2, -0.15) is 13.2 Å². The highest BCUT2D eigenvalue weighted by Crippen LogP contribution is 2.37. The van der Waals surface area contributed by atoms with Crippen molar-refractivity contribution in [3.8, 4) is 11.8 Å². The van der Waals surface area contributed by atoms with Gasteiger partial charge in [0, 0.05) is 6.07 Å². The smallest absolute Gasteiger partial charge is 0.421 e. The molecule has 0 saturated carbocycles. The molecule has 0 aliphatic rings. The summed E-state index contributed by atoms with van der Waals surface area (Å²) in [5, 5.41) is 10.9. The Hall–Kier alpha value is -3.08. The fraction of sp³-hybridized carbons (Fsp3) is 0.294. The molecule has 0 aromatic heterocycles. The van der Waals surface area contributed by atoms with E-state index in [0.29, 0.717) is 11.0 Å². The van der Waals surface area contributed by atoms with E-state index in [9.17, 15) is 28.1 Å². The first kappa shape index (κ1) is 21.0. The molecular weight excluding hydrogens is 353 g/mol. The molecule has 6 nitrogen and oxygen atoms in total. The second-order valence-corrected chi connectivity index (χ2v) is 5.04. The predicted octanol–water partition coefficient (Wildman–Crippen LogP) is 2.69. The first-order valence-electron chi connectivity index (χ1n) is 7.07. The molecule has 1 aromatic rings. The topological polar surface area (TPSA) is 72.7 Å². The number of nitro benzene ring substituents is 1. The van der Waals surface area contributed by atoms with Gasteiger partial charge in [0.2, 0.25) is 5.54 Å². The molecule has 0 aliphatic heterocycles. The molecule has 0 amide bonds. The summed E-state index contributed by atoms with van der Waals surface area (Å²) in [6.07, 6.45) is -4.58. The van der Waals surface area contributed by atoms with E-state index in [-0.39, 0.29) is 11.3 Å². The van der Waals surface area contributed by atoms with E-state index in [1.54, 1.807) is 0 Å². The van der Waals surface area contributed by atoms with E-state index < -0.39 is 29.2 Å². The molecule has 0 radical (unpaired) electrons. The molecular formula is C17H15F3N2O4. The van der Waals surface area contributed by atoms with Crippen LogP contribution in [0.4, 0.5) is 18.9 Å². The summed E-state index contributed by atoms with van der Waals surface area (Å²) in [6, 6.07) is 5.54. The predicted molar refractivity (Wildman–Crippen MR) is 87.1 cm³/mol. The molecule has 1 atom stereocenters. The van der Waals surface area contributed by atoms with Crippen molar-refractivity contribution >= 4 is 11.7 Å². The van der Waals surface area contributed by atoms with Gasteiger partial charge in [0.25, 0.3) is 5.69 Å². The zero-order chi connectivity index (χ0) is 20.0. The zero-order valence-corrected chi connectivity index (χ0v) is 14.0. The van der Waals surface area contributed by atoms with Crippen molar-refractivity contribution in [2.75, 3.05) is 20.7 Å². The van der Waals surface area contributed by atoms with Gasteiger partial charge in [0.15, 0.2) is 0 Å². The number of esters is 1. The Balaban J connectivity index is 3.26. The van der Waals surface area contributed by atoms with Crippen molar-refractivity contribution in [2.24, 2.45) is 0 Å². The van der Waals surface area contributed by atoms with Crippen LogP contribution >= 0.6 is 0 Å². The number of rotatable bonds is 5. The van der Waals surface area contributed by atoms with Gasteiger partial charge >= 0.3 is 12.1 Å². The van der Waals surface area contributed by atoms with Gasteiger partial charge in [0.05, 0.1) is 18.6 Å². The third-order valence-corrected chi connectivity index (χ3v) is 3.48. The van der Waals surface area contributed by atoms with Crippen molar-refractivity contribution in [1.29, 1.82) is 0 Å². The maximum Gasteiger partial charge on any atom is 0.421 e.